The zero-order valence-electron chi connectivity index (χ0n) is 17.2. The maximum atomic E-state index is 12.9. The lowest BCUT2D eigenvalue weighted by Gasteiger charge is -2.16. The molecular formula is C20H23N5O4S. The smallest absolute Gasteiger partial charge is 0.332 e. The first kappa shape index (κ1) is 21.6. The second-order valence-electron chi connectivity index (χ2n) is 7.40. The molecule has 0 aliphatic rings. The van der Waals surface area contributed by atoms with Crippen molar-refractivity contribution in [2.45, 2.75) is 25.5 Å². The zero-order chi connectivity index (χ0) is 22.2. The number of nitrogens with zero attached hydrogens (tertiary/aromatic N) is 4. The Kier molecular flexibility index (Phi) is 5.97. The number of ketones is 1. The number of thioether (sulfide) groups is 1. The molecule has 1 aromatic carbocycles. The molecule has 9 nitrogen and oxygen atoms in total. The number of aromatic nitrogens is 4. The van der Waals surface area contributed by atoms with Crippen molar-refractivity contribution < 1.29 is 4.79 Å². The molecule has 30 heavy (non-hydrogen) atoms. The number of Topliss-reactive ketones (excluding diaryl/α,β-unsaturated/α-hetero) is 1. The summed E-state index contributed by atoms with van der Waals surface area (Å²) in [7, 11) is 2.89. The van der Waals surface area contributed by atoms with E-state index in [0.29, 0.717) is 16.1 Å². The molecule has 0 saturated heterocycles. The van der Waals surface area contributed by atoms with Crippen molar-refractivity contribution in [2.75, 3.05) is 11.5 Å². The van der Waals surface area contributed by atoms with E-state index in [0.717, 1.165) is 16.3 Å². The number of fused-ring (bicyclic) bond motifs is 1. The zero-order valence-corrected chi connectivity index (χ0v) is 18.0. The Bertz CT molecular complexity index is 1320. The Hall–Kier alpha value is -3.14. The first-order valence-corrected chi connectivity index (χ1v) is 10.3. The summed E-state index contributed by atoms with van der Waals surface area (Å²) in [5, 5.41) is 0.826. The van der Waals surface area contributed by atoms with Gasteiger partial charge in [-0.2, -0.15) is 0 Å². The maximum Gasteiger partial charge on any atom is 0.332 e. The second-order valence-corrected chi connectivity index (χ2v) is 8.34. The number of hydrogen-bond acceptors (Lipinski definition) is 7. The van der Waals surface area contributed by atoms with Gasteiger partial charge in [-0.05, 0) is 18.1 Å². The normalized spacial score (nSPS) is 11.4. The van der Waals surface area contributed by atoms with Crippen LogP contribution < -0.4 is 22.5 Å². The first-order valence-electron chi connectivity index (χ1n) is 9.34. The highest BCUT2D eigenvalue weighted by molar-refractivity contribution is 7.99. The van der Waals surface area contributed by atoms with E-state index in [9.17, 15) is 19.2 Å². The number of carbonyl (C=O) groups excluding carboxylic acids is 1. The summed E-state index contributed by atoms with van der Waals surface area (Å²) in [6, 6.07) is 6.94. The average molecular weight is 430 g/mol. The third-order valence-corrected chi connectivity index (χ3v) is 5.71. The Morgan fingerprint density at radius 3 is 2.43 bits per heavy atom. The predicted octanol–water partition coefficient (Wildman–Crippen LogP) is 1.01. The average Bonchev–Trinajstić information content (AvgIpc) is 2.71. The van der Waals surface area contributed by atoms with Gasteiger partial charge in [-0.25, -0.2) is 9.78 Å². The van der Waals surface area contributed by atoms with Gasteiger partial charge in [0.15, 0.2) is 10.9 Å². The molecule has 2 heterocycles. The number of hydrogen-bond donors (Lipinski definition) is 1. The molecule has 0 saturated carbocycles. The summed E-state index contributed by atoms with van der Waals surface area (Å²) in [6.45, 7) is 4.09. The minimum atomic E-state index is -0.733. The Morgan fingerprint density at radius 2 is 1.77 bits per heavy atom. The summed E-state index contributed by atoms with van der Waals surface area (Å²) in [6.07, 6.45) is 0. The van der Waals surface area contributed by atoms with Crippen LogP contribution in [0.25, 0.3) is 10.9 Å². The number of anilines is 1. The van der Waals surface area contributed by atoms with Crippen LogP contribution in [0.4, 0.5) is 5.82 Å². The van der Waals surface area contributed by atoms with Crippen molar-refractivity contribution in [3.05, 3.63) is 61.0 Å². The Morgan fingerprint density at radius 1 is 1.10 bits per heavy atom. The molecule has 0 spiro atoms. The van der Waals surface area contributed by atoms with Crippen LogP contribution in [0.3, 0.4) is 0 Å². The van der Waals surface area contributed by atoms with Crippen LogP contribution in [0, 0.1) is 5.92 Å². The van der Waals surface area contributed by atoms with Crippen molar-refractivity contribution in [1.29, 1.82) is 0 Å². The lowest BCUT2D eigenvalue weighted by atomic mass is 10.2. The molecule has 0 fully saturated rings. The molecule has 2 N–H and O–H groups in total. The summed E-state index contributed by atoms with van der Waals surface area (Å²) >= 11 is 1.04. The van der Waals surface area contributed by atoms with E-state index in [-0.39, 0.29) is 35.2 Å². The van der Waals surface area contributed by atoms with Crippen LogP contribution in [0.1, 0.15) is 24.2 Å². The number of benzene rings is 1. The van der Waals surface area contributed by atoms with Crippen LogP contribution >= 0.6 is 11.8 Å². The molecule has 0 aliphatic heterocycles. The van der Waals surface area contributed by atoms with E-state index < -0.39 is 17.0 Å². The molecule has 0 aliphatic carbocycles. The van der Waals surface area contributed by atoms with Gasteiger partial charge in [0.2, 0.25) is 0 Å². The minimum Gasteiger partial charge on any atom is -0.384 e. The van der Waals surface area contributed by atoms with Crippen LogP contribution in [0.15, 0.2) is 43.8 Å². The molecule has 3 rings (SSSR count). The molecule has 0 atom stereocenters. The summed E-state index contributed by atoms with van der Waals surface area (Å²) in [5.74, 6) is -0.727. The van der Waals surface area contributed by atoms with Crippen molar-refractivity contribution in [3.8, 4) is 0 Å². The standard InChI is InChI=1S/C20H23N5O4S/c1-11(2)9-25-16(21)15(18(28)24(4)20(25)29)14(26)10-30-19-22-13-8-6-5-7-12(13)17(27)23(19)3/h5-8,11H,9-10,21H2,1-4H3. The van der Waals surface area contributed by atoms with Gasteiger partial charge in [-0.1, -0.05) is 37.7 Å². The van der Waals surface area contributed by atoms with Crippen LogP contribution in [0.2, 0.25) is 0 Å². The second kappa shape index (κ2) is 8.31. The van der Waals surface area contributed by atoms with Gasteiger partial charge >= 0.3 is 5.69 Å². The van der Waals surface area contributed by atoms with Crippen LogP contribution in [-0.4, -0.2) is 30.2 Å². The van der Waals surface area contributed by atoms with Crippen molar-refractivity contribution >= 4 is 34.3 Å². The Balaban J connectivity index is 1.98. The van der Waals surface area contributed by atoms with Gasteiger partial charge in [0.05, 0.1) is 16.7 Å². The number of carbonyl (C=O) groups is 1. The summed E-state index contributed by atoms with van der Waals surface area (Å²) in [4.78, 5) is 54.8. The molecule has 0 radical (unpaired) electrons. The minimum absolute atomic E-state index is 0.0937. The molecular weight excluding hydrogens is 406 g/mol. The van der Waals surface area contributed by atoms with Crippen molar-refractivity contribution in [1.82, 2.24) is 18.7 Å². The van der Waals surface area contributed by atoms with Gasteiger partial charge in [0.25, 0.3) is 11.1 Å². The predicted molar refractivity (Wildman–Crippen MR) is 117 cm³/mol. The Labute approximate surface area is 176 Å². The highest BCUT2D eigenvalue weighted by Crippen LogP contribution is 2.19. The third-order valence-electron chi connectivity index (χ3n) is 4.68. The first-order chi connectivity index (χ1) is 14.1. The molecule has 0 amide bonds. The number of nitrogen functional groups attached to an aromatic ring is 1. The fraction of sp³-hybridized carbons (Fsp3) is 0.350. The highest BCUT2D eigenvalue weighted by atomic mass is 32.2. The van der Waals surface area contributed by atoms with Gasteiger partial charge < -0.3 is 5.73 Å². The highest BCUT2D eigenvalue weighted by Gasteiger charge is 2.22. The van der Waals surface area contributed by atoms with Gasteiger partial charge in [0, 0.05) is 20.6 Å². The van der Waals surface area contributed by atoms with Gasteiger partial charge in [-0.3, -0.25) is 28.1 Å². The lowest BCUT2D eigenvalue weighted by molar-refractivity contribution is 0.102. The largest absolute Gasteiger partial charge is 0.384 e. The van der Waals surface area contributed by atoms with Crippen molar-refractivity contribution in [3.63, 3.8) is 0 Å². The number of para-hydroxylation sites is 1. The molecule has 0 bridgehead atoms. The molecule has 2 aromatic heterocycles. The van der Waals surface area contributed by atoms with Crippen LogP contribution in [0.5, 0.6) is 0 Å². The molecule has 158 valence electrons. The van der Waals surface area contributed by atoms with E-state index in [1.54, 1.807) is 31.3 Å². The molecule has 0 unspecified atom stereocenters. The summed E-state index contributed by atoms with van der Waals surface area (Å²) in [5.41, 5.74) is 4.83. The van der Waals surface area contributed by atoms with E-state index in [1.807, 2.05) is 13.8 Å². The summed E-state index contributed by atoms with van der Waals surface area (Å²) < 4.78 is 3.50. The van der Waals surface area contributed by atoms with Crippen molar-refractivity contribution in [2.24, 2.45) is 20.0 Å². The fourth-order valence-corrected chi connectivity index (χ4v) is 3.96. The fourth-order valence-electron chi connectivity index (χ4n) is 3.12. The number of nitrogens with two attached hydrogens (primary N) is 1. The number of rotatable bonds is 6. The van der Waals surface area contributed by atoms with E-state index in [4.69, 9.17) is 5.73 Å². The molecule has 10 heteroatoms. The molecule has 3 aromatic rings. The van der Waals surface area contributed by atoms with E-state index in [2.05, 4.69) is 4.98 Å². The van der Waals surface area contributed by atoms with Crippen LogP contribution in [-0.2, 0) is 20.6 Å². The SMILES string of the molecule is CC(C)Cn1c(N)c(C(=O)CSc2nc3ccccc3c(=O)n2C)c(=O)n(C)c1=O. The van der Waals surface area contributed by atoms with E-state index in [1.165, 1.54) is 16.2 Å². The maximum absolute atomic E-state index is 12.9. The third kappa shape index (κ3) is 3.82. The topological polar surface area (TPSA) is 122 Å². The monoisotopic (exact) mass is 429 g/mol. The van der Waals surface area contributed by atoms with Gasteiger partial charge in [0.1, 0.15) is 11.4 Å². The lowest BCUT2D eigenvalue weighted by Crippen LogP contribution is -2.43. The van der Waals surface area contributed by atoms with E-state index >= 15 is 0 Å². The quantitative estimate of drug-likeness (QED) is 0.352. The van der Waals surface area contributed by atoms with Gasteiger partial charge in [-0.15, -0.1) is 0 Å².